The number of likely N-dealkylation sites (tertiary alicyclic amines) is 1. The van der Waals surface area contributed by atoms with Crippen molar-refractivity contribution in [1.82, 2.24) is 4.90 Å². The topological polar surface area (TPSA) is 64.8 Å². The second kappa shape index (κ2) is 8.49. The van der Waals surface area contributed by atoms with E-state index >= 15 is 0 Å². The Balaban J connectivity index is 0.00000225. The Labute approximate surface area is 156 Å². The first-order valence-corrected chi connectivity index (χ1v) is 8.78. The Morgan fingerprint density at radius 3 is 2.52 bits per heavy atom. The summed E-state index contributed by atoms with van der Waals surface area (Å²) in [4.78, 5) is 14.1. The number of methoxy groups -OCH3 is 2. The molecule has 1 saturated heterocycles. The van der Waals surface area contributed by atoms with E-state index in [-0.39, 0.29) is 23.9 Å². The molecular weight excluding hydrogens is 340 g/mol. The third-order valence-electron chi connectivity index (χ3n) is 5.82. The maximum absolute atomic E-state index is 11.6. The van der Waals surface area contributed by atoms with Gasteiger partial charge in [0, 0.05) is 51.3 Å². The minimum atomic E-state index is -0.384. The number of piperidine rings is 1. The Kier molecular flexibility index (Phi) is 6.86. The summed E-state index contributed by atoms with van der Waals surface area (Å²) in [7, 11) is 3.56. The molecule has 1 aliphatic carbocycles. The number of nitrogens with zero attached hydrogens (tertiary/aromatic N) is 1. The van der Waals surface area contributed by atoms with Crippen molar-refractivity contribution in [3.63, 3.8) is 0 Å². The van der Waals surface area contributed by atoms with E-state index in [2.05, 4.69) is 11.0 Å². The van der Waals surface area contributed by atoms with Crippen LogP contribution >= 0.6 is 12.4 Å². The number of carbonyl (C=O) groups is 1. The number of primary amides is 1. The van der Waals surface area contributed by atoms with E-state index in [4.69, 9.17) is 15.2 Å². The molecule has 1 amide bonds. The summed E-state index contributed by atoms with van der Waals surface area (Å²) < 4.78 is 11.5. The molecule has 2 bridgehead atoms. The Morgan fingerprint density at radius 1 is 1.28 bits per heavy atom. The van der Waals surface area contributed by atoms with Gasteiger partial charge < -0.3 is 20.1 Å². The number of ether oxygens (including phenoxy) is 2. The van der Waals surface area contributed by atoms with Crippen LogP contribution < -0.4 is 5.73 Å². The number of halogens is 1. The number of fused-ring (bicyclic) bond motifs is 2. The third-order valence-corrected chi connectivity index (χ3v) is 5.82. The van der Waals surface area contributed by atoms with Crippen molar-refractivity contribution in [2.45, 2.75) is 24.9 Å². The van der Waals surface area contributed by atoms with Crippen LogP contribution in [0.4, 0.5) is 0 Å². The molecule has 0 radical (unpaired) electrons. The van der Waals surface area contributed by atoms with E-state index in [9.17, 15) is 4.79 Å². The molecule has 140 valence electrons. The van der Waals surface area contributed by atoms with E-state index in [1.165, 1.54) is 6.42 Å². The predicted octanol–water partition coefficient (Wildman–Crippen LogP) is 2.43. The number of hydrogen-bond acceptors (Lipinski definition) is 4. The highest BCUT2D eigenvalue weighted by Gasteiger charge is 2.53. The first-order chi connectivity index (χ1) is 11.6. The second-order valence-electron chi connectivity index (χ2n) is 7.02. The molecule has 2 aliphatic rings. The van der Waals surface area contributed by atoms with Crippen molar-refractivity contribution in [1.29, 1.82) is 0 Å². The summed E-state index contributed by atoms with van der Waals surface area (Å²) >= 11 is 0. The SMILES string of the molecule is COCCN1CC2CCCC(C1)C2(OC)c1cccc(C(N)=O)c1.Cl. The molecule has 2 atom stereocenters. The number of hydrogen-bond donors (Lipinski definition) is 1. The highest BCUT2D eigenvalue weighted by molar-refractivity contribution is 5.92. The van der Waals surface area contributed by atoms with Crippen molar-refractivity contribution in [3.8, 4) is 0 Å². The zero-order valence-corrected chi connectivity index (χ0v) is 15.9. The maximum atomic E-state index is 11.6. The molecular formula is C19H29ClN2O3. The fourth-order valence-electron chi connectivity index (χ4n) is 4.77. The van der Waals surface area contributed by atoms with Gasteiger partial charge >= 0.3 is 0 Å². The lowest BCUT2D eigenvalue weighted by molar-refractivity contribution is -0.170. The lowest BCUT2D eigenvalue weighted by atomic mass is 9.62. The lowest BCUT2D eigenvalue weighted by Crippen LogP contribution is -2.59. The van der Waals surface area contributed by atoms with Crippen LogP contribution in [0.2, 0.25) is 0 Å². The zero-order chi connectivity index (χ0) is 17.2. The second-order valence-corrected chi connectivity index (χ2v) is 7.02. The minimum absolute atomic E-state index is 0. The molecule has 1 aliphatic heterocycles. The first-order valence-electron chi connectivity index (χ1n) is 8.78. The van der Waals surface area contributed by atoms with E-state index in [0.717, 1.165) is 44.6 Å². The van der Waals surface area contributed by atoms with Gasteiger partial charge in [-0.25, -0.2) is 0 Å². The van der Waals surface area contributed by atoms with Crippen LogP contribution in [-0.2, 0) is 15.1 Å². The van der Waals surface area contributed by atoms with E-state index in [0.29, 0.717) is 17.4 Å². The van der Waals surface area contributed by atoms with Gasteiger partial charge in [0.1, 0.15) is 5.60 Å². The van der Waals surface area contributed by atoms with Crippen molar-refractivity contribution >= 4 is 18.3 Å². The van der Waals surface area contributed by atoms with Gasteiger partial charge in [-0.1, -0.05) is 18.6 Å². The number of amides is 1. The van der Waals surface area contributed by atoms with Gasteiger partial charge in [0.2, 0.25) is 5.91 Å². The average Bonchev–Trinajstić information content (AvgIpc) is 2.59. The van der Waals surface area contributed by atoms with Crippen LogP contribution in [0, 0.1) is 11.8 Å². The van der Waals surface area contributed by atoms with Crippen LogP contribution in [0.1, 0.15) is 35.2 Å². The summed E-state index contributed by atoms with van der Waals surface area (Å²) in [5.41, 5.74) is 6.83. The van der Waals surface area contributed by atoms with Gasteiger partial charge in [0.15, 0.2) is 0 Å². The Bertz CT molecular complexity index is 582. The van der Waals surface area contributed by atoms with Gasteiger partial charge in [-0.2, -0.15) is 0 Å². The number of nitrogens with two attached hydrogens (primary N) is 1. The normalized spacial score (nSPS) is 29.0. The summed E-state index contributed by atoms with van der Waals surface area (Å²) in [6, 6.07) is 7.72. The van der Waals surface area contributed by atoms with Crippen molar-refractivity contribution < 1.29 is 14.3 Å². The van der Waals surface area contributed by atoms with E-state index < -0.39 is 0 Å². The summed E-state index contributed by atoms with van der Waals surface area (Å²) in [5.74, 6) is 0.468. The number of carbonyl (C=O) groups excluding carboxylic acids is 1. The minimum Gasteiger partial charge on any atom is -0.383 e. The number of benzene rings is 1. The van der Waals surface area contributed by atoms with Crippen LogP contribution in [0.5, 0.6) is 0 Å². The molecule has 1 saturated carbocycles. The van der Waals surface area contributed by atoms with Gasteiger partial charge in [-0.3, -0.25) is 4.79 Å². The largest absolute Gasteiger partial charge is 0.383 e. The molecule has 1 aromatic carbocycles. The molecule has 0 aromatic heterocycles. The molecule has 2 fully saturated rings. The Hall–Kier alpha value is -1.14. The summed E-state index contributed by atoms with van der Waals surface area (Å²) in [5, 5.41) is 0. The van der Waals surface area contributed by atoms with Crippen LogP contribution in [-0.4, -0.2) is 51.3 Å². The molecule has 0 spiro atoms. The molecule has 2 unspecified atom stereocenters. The molecule has 2 N–H and O–H groups in total. The molecule has 5 nitrogen and oxygen atoms in total. The maximum Gasteiger partial charge on any atom is 0.248 e. The lowest BCUT2D eigenvalue weighted by Gasteiger charge is -2.55. The van der Waals surface area contributed by atoms with Gasteiger partial charge in [-0.05, 0) is 30.5 Å². The van der Waals surface area contributed by atoms with Crippen molar-refractivity contribution in [2.24, 2.45) is 17.6 Å². The number of rotatable bonds is 6. The predicted molar refractivity (Wildman–Crippen MR) is 100 cm³/mol. The summed E-state index contributed by atoms with van der Waals surface area (Å²) in [6.45, 7) is 3.74. The highest BCUT2D eigenvalue weighted by atomic mass is 35.5. The molecule has 3 rings (SSSR count). The molecule has 25 heavy (non-hydrogen) atoms. The van der Waals surface area contributed by atoms with Crippen LogP contribution in [0.15, 0.2) is 24.3 Å². The van der Waals surface area contributed by atoms with Crippen molar-refractivity contribution in [3.05, 3.63) is 35.4 Å². The van der Waals surface area contributed by atoms with E-state index in [1.54, 1.807) is 13.2 Å². The quantitative estimate of drug-likeness (QED) is 0.837. The highest BCUT2D eigenvalue weighted by Crippen LogP contribution is 2.51. The van der Waals surface area contributed by atoms with Gasteiger partial charge in [-0.15, -0.1) is 12.4 Å². The monoisotopic (exact) mass is 368 g/mol. The Morgan fingerprint density at radius 2 is 1.96 bits per heavy atom. The fourth-order valence-corrected chi connectivity index (χ4v) is 4.77. The average molecular weight is 369 g/mol. The fraction of sp³-hybridized carbons (Fsp3) is 0.632. The molecule has 6 heteroatoms. The van der Waals surface area contributed by atoms with Gasteiger partial charge in [0.25, 0.3) is 0 Å². The zero-order valence-electron chi connectivity index (χ0n) is 15.1. The van der Waals surface area contributed by atoms with Gasteiger partial charge in [0.05, 0.1) is 6.61 Å². The van der Waals surface area contributed by atoms with Crippen molar-refractivity contribution in [2.75, 3.05) is 40.5 Å². The molecule has 1 heterocycles. The third kappa shape index (κ3) is 3.70. The first kappa shape index (κ1) is 20.2. The van der Waals surface area contributed by atoms with E-state index in [1.807, 2.05) is 19.2 Å². The van der Waals surface area contributed by atoms with Crippen LogP contribution in [0.3, 0.4) is 0 Å². The van der Waals surface area contributed by atoms with Crippen LogP contribution in [0.25, 0.3) is 0 Å². The summed E-state index contributed by atoms with van der Waals surface area (Å²) in [6.07, 6.45) is 3.54. The standard InChI is InChI=1S/C19H28N2O3.ClH/c1-23-10-9-21-12-16-7-4-8-17(13-21)19(16,24-2)15-6-3-5-14(11-15)18(20)22;/h3,5-6,11,16-17H,4,7-10,12-13H2,1-2H3,(H2,20,22);1H. The smallest absolute Gasteiger partial charge is 0.248 e. The molecule has 1 aromatic rings.